The van der Waals surface area contributed by atoms with Crippen LogP contribution in [-0.2, 0) is 11.2 Å². The lowest BCUT2D eigenvalue weighted by atomic mass is 9.87. The summed E-state index contributed by atoms with van der Waals surface area (Å²) < 4.78 is 10.8. The van der Waals surface area contributed by atoms with Gasteiger partial charge in [0.25, 0.3) is 5.91 Å². The van der Waals surface area contributed by atoms with E-state index in [0.717, 1.165) is 23.1 Å². The maximum Gasteiger partial charge on any atom is 0.298 e. The van der Waals surface area contributed by atoms with Crippen LogP contribution in [0.3, 0.4) is 0 Å². The Hall–Kier alpha value is -2.93. The highest BCUT2D eigenvalue weighted by atomic mass is 16.5. The van der Waals surface area contributed by atoms with Crippen LogP contribution in [0.5, 0.6) is 11.5 Å². The van der Waals surface area contributed by atoms with Gasteiger partial charge >= 0.3 is 0 Å². The lowest BCUT2D eigenvalue weighted by molar-refractivity contribution is -0.127. The van der Waals surface area contributed by atoms with Gasteiger partial charge in [0.2, 0.25) is 0 Å². The molecule has 0 radical (unpaired) electrons. The van der Waals surface area contributed by atoms with Crippen molar-refractivity contribution in [2.75, 3.05) is 20.8 Å². The lowest BCUT2D eigenvalue weighted by Gasteiger charge is -2.37. The third-order valence-corrected chi connectivity index (χ3v) is 4.37. The lowest BCUT2D eigenvalue weighted by Crippen LogP contribution is -2.40. The molecule has 1 aliphatic heterocycles. The Bertz CT molecular complexity index is 793. The second-order valence-corrected chi connectivity index (χ2v) is 5.61. The quantitative estimate of drug-likeness (QED) is 0.816. The van der Waals surface area contributed by atoms with Crippen molar-refractivity contribution in [2.24, 2.45) is 0 Å². The molecule has 1 heterocycles. The van der Waals surface area contributed by atoms with Gasteiger partial charge in [-0.05, 0) is 41.2 Å². The van der Waals surface area contributed by atoms with E-state index in [9.17, 15) is 4.79 Å². The summed E-state index contributed by atoms with van der Waals surface area (Å²) in [4.78, 5) is 14.0. The third kappa shape index (κ3) is 2.69. The maximum atomic E-state index is 12.3. The molecule has 0 bridgehead atoms. The first-order valence-electron chi connectivity index (χ1n) is 7.76. The molecule has 0 N–H and O–H groups in total. The second kappa shape index (κ2) is 6.67. The van der Waals surface area contributed by atoms with Crippen LogP contribution < -0.4 is 9.47 Å². The Balaban J connectivity index is 2.18. The number of rotatable bonds is 3. The van der Waals surface area contributed by atoms with Gasteiger partial charge in [0.15, 0.2) is 11.5 Å². The van der Waals surface area contributed by atoms with E-state index in [-0.39, 0.29) is 11.9 Å². The molecule has 0 saturated heterocycles. The van der Waals surface area contributed by atoms with Crippen molar-refractivity contribution in [1.82, 2.24) is 4.90 Å². The smallest absolute Gasteiger partial charge is 0.298 e. The van der Waals surface area contributed by atoms with Crippen LogP contribution in [-0.4, -0.2) is 31.6 Å². The number of methoxy groups -OCH3 is 2. The van der Waals surface area contributed by atoms with Crippen LogP contribution in [0.1, 0.15) is 22.7 Å². The van der Waals surface area contributed by atoms with Crippen LogP contribution in [0.15, 0.2) is 42.5 Å². The monoisotopic (exact) mass is 321 g/mol. The highest BCUT2D eigenvalue weighted by Crippen LogP contribution is 2.40. The minimum Gasteiger partial charge on any atom is -0.493 e. The van der Waals surface area contributed by atoms with E-state index < -0.39 is 0 Å². The molecule has 122 valence electrons. The number of nitrogens with zero attached hydrogens (tertiary/aromatic N) is 1. The van der Waals surface area contributed by atoms with Crippen LogP contribution in [0, 0.1) is 12.3 Å². The number of terminal acetylenes is 1. The van der Waals surface area contributed by atoms with E-state index in [1.54, 1.807) is 19.1 Å². The summed E-state index contributed by atoms with van der Waals surface area (Å²) in [5.41, 5.74) is 3.19. The van der Waals surface area contributed by atoms with Crippen molar-refractivity contribution < 1.29 is 14.3 Å². The summed E-state index contributed by atoms with van der Waals surface area (Å²) in [6, 6.07) is 13.6. The van der Waals surface area contributed by atoms with Gasteiger partial charge in [-0.25, -0.2) is 0 Å². The molecular weight excluding hydrogens is 302 g/mol. The number of hydrogen-bond acceptors (Lipinski definition) is 3. The molecule has 0 aromatic heterocycles. The Kier molecular flexibility index (Phi) is 4.43. The molecule has 0 fully saturated rings. The average molecular weight is 321 g/mol. The molecule has 0 spiro atoms. The van der Waals surface area contributed by atoms with E-state index in [4.69, 9.17) is 15.9 Å². The highest BCUT2D eigenvalue weighted by molar-refractivity contribution is 5.93. The number of ether oxygens (including phenoxy) is 2. The minimum absolute atomic E-state index is 0.224. The van der Waals surface area contributed by atoms with E-state index in [1.165, 1.54) is 0 Å². The van der Waals surface area contributed by atoms with E-state index in [2.05, 4.69) is 5.92 Å². The number of carbonyl (C=O) groups is 1. The Morgan fingerprint density at radius 3 is 2.46 bits per heavy atom. The summed E-state index contributed by atoms with van der Waals surface area (Å²) in [6.45, 7) is 0.574. The summed E-state index contributed by atoms with van der Waals surface area (Å²) in [7, 11) is 3.23. The molecule has 1 atom stereocenters. The van der Waals surface area contributed by atoms with Gasteiger partial charge in [0, 0.05) is 6.54 Å². The average Bonchev–Trinajstić information content (AvgIpc) is 2.65. The summed E-state index contributed by atoms with van der Waals surface area (Å²) >= 11 is 0. The third-order valence-electron chi connectivity index (χ3n) is 4.37. The summed E-state index contributed by atoms with van der Waals surface area (Å²) in [6.07, 6.45) is 6.11. The van der Waals surface area contributed by atoms with Crippen LogP contribution in [0.25, 0.3) is 0 Å². The summed E-state index contributed by atoms with van der Waals surface area (Å²) in [5, 5.41) is 0. The number of carbonyl (C=O) groups excluding carboxylic acids is 1. The van der Waals surface area contributed by atoms with E-state index in [1.807, 2.05) is 42.5 Å². The van der Waals surface area contributed by atoms with Crippen molar-refractivity contribution >= 4 is 5.91 Å². The Morgan fingerprint density at radius 1 is 1.17 bits per heavy atom. The second-order valence-electron chi connectivity index (χ2n) is 5.61. The first-order chi connectivity index (χ1) is 11.7. The zero-order valence-electron chi connectivity index (χ0n) is 13.8. The largest absolute Gasteiger partial charge is 0.493 e. The first-order valence-corrected chi connectivity index (χ1v) is 7.76. The molecular formula is C20H19NO3. The highest BCUT2D eigenvalue weighted by Gasteiger charge is 2.32. The molecule has 3 rings (SSSR count). The van der Waals surface area contributed by atoms with Gasteiger partial charge in [0.05, 0.1) is 20.3 Å². The molecule has 2 aromatic carbocycles. The topological polar surface area (TPSA) is 38.8 Å². The summed E-state index contributed by atoms with van der Waals surface area (Å²) in [5.74, 6) is 3.29. The van der Waals surface area contributed by atoms with Crippen LogP contribution in [0.4, 0.5) is 0 Å². The van der Waals surface area contributed by atoms with Gasteiger partial charge in [-0.1, -0.05) is 30.3 Å². The zero-order chi connectivity index (χ0) is 17.1. The minimum atomic E-state index is -0.302. The van der Waals surface area contributed by atoms with Crippen LogP contribution in [0.2, 0.25) is 0 Å². The van der Waals surface area contributed by atoms with Gasteiger partial charge in [-0.2, -0.15) is 0 Å². The zero-order valence-corrected chi connectivity index (χ0v) is 13.8. The standard InChI is InChI=1S/C20H19NO3/c1-4-19(22)21-11-10-15-12-17(23-2)18(24-3)13-16(15)20(21)14-8-6-5-7-9-14/h1,5-9,12-13,20H,10-11H2,2-3H3. The molecule has 24 heavy (non-hydrogen) atoms. The molecule has 4 nitrogen and oxygen atoms in total. The molecule has 1 aliphatic rings. The first kappa shape index (κ1) is 15.9. The molecule has 1 amide bonds. The Labute approximate surface area is 142 Å². The molecule has 0 aliphatic carbocycles. The van der Waals surface area contributed by atoms with Gasteiger partial charge in [-0.3, -0.25) is 4.79 Å². The van der Waals surface area contributed by atoms with Crippen molar-refractivity contribution in [3.8, 4) is 23.8 Å². The SMILES string of the molecule is C#CC(=O)N1CCc2cc(OC)c(OC)cc2C1c1ccccc1. The van der Waals surface area contributed by atoms with Crippen molar-refractivity contribution in [3.63, 3.8) is 0 Å². The van der Waals surface area contributed by atoms with Crippen molar-refractivity contribution in [2.45, 2.75) is 12.5 Å². The van der Waals surface area contributed by atoms with Crippen molar-refractivity contribution in [1.29, 1.82) is 0 Å². The fraction of sp³-hybridized carbons (Fsp3) is 0.250. The maximum absolute atomic E-state index is 12.3. The number of amides is 1. The predicted octanol–water partition coefficient (Wildman–Crippen LogP) is 2.81. The fourth-order valence-electron chi connectivity index (χ4n) is 3.24. The molecule has 1 unspecified atom stereocenters. The number of fused-ring (bicyclic) bond motifs is 1. The molecule has 2 aromatic rings. The van der Waals surface area contributed by atoms with Gasteiger partial charge in [-0.15, -0.1) is 6.42 Å². The van der Waals surface area contributed by atoms with Crippen LogP contribution >= 0.6 is 0 Å². The van der Waals surface area contributed by atoms with Gasteiger partial charge < -0.3 is 14.4 Å². The predicted molar refractivity (Wildman–Crippen MR) is 92.1 cm³/mol. The van der Waals surface area contributed by atoms with E-state index >= 15 is 0 Å². The molecule has 4 heteroatoms. The Morgan fingerprint density at radius 2 is 1.83 bits per heavy atom. The van der Waals surface area contributed by atoms with Crippen molar-refractivity contribution in [3.05, 3.63) is 59.2 Å². The fourth-order valence-corrected chi connectivity index (χ4v) is 3.24. The molecule has 0 saturated carbocycles. The number of benzene rings is 2. The van der Waals surface area contributed by atoms with E-state index in [0.29, 0.717) is 18.0 Å². The normalized spacial score (nSPS) is 16.0. The van der Waals surface area contributed by atoms with Gasteiger partial charge in [0.1, 0.15) is 0 Å². The number of hydrogen-bond donors (Lipinski definition) is 0.